The van der Waals surface area contributed by atoms with Crippen LogP contribution in [0.25, 0.3) is 0 Å². The Morgan fingerprint density at radius 2 is 2.15 bits per heavy atom. The van der Waals surface area contributed by atoms with Gasteiger partial charge in [0.05, 0.1) is 6.61 Å². The number of ether oxygens (including phenoxy) is 1. The fourth-order valence-corrected chi connectivity index (χ4v) is 2.35. The lowest BCUT2D eigenvalue weighted by molar-refractivity contribution is 0.256. The molecule has 1 aromatic heterocycles. The topological polar surface area (TPSA) is 66.4 Å². The van der Waals surface area contributed by atoms with Crippen LogP contribution in [0.15, 0.2) is 0 Å². The lowest BCUT2D eigenvalue weighted by Gasteiger charge is -2.36. The molecule has 1 fully saturated rings. The molecule has 1 aromatic rings. The average Bonchev–Trinajstić information content (AvgIpc) is 2.47. The van der Waals surface area contributed by atoms with Gasteiger partial charge < -0.3 is 19.9 Å². The first-order valence-electron chi connectivity index (χ1n) is 7.12. The van der Waals surface area contributed by atoms with Gasteiger partial charge >= 0.3 is 6.01 Å². The molecule has 0 amide bonds. The molecule has 7 heteroatoms. The van der Waals surface area contributed by atoms with Gasteiger partial charge in [0.1, 0.15) is 0 Å². The Morgan fingerprint density at radius 3 is 2.80 bits per heavy atom. The van der Waals surface area contributed by atoms with Crippen molar-refractivity contribution in [3.63, 3.8) is 0 Å². The third-order valence-electron chi connectivity index (χ3n) is 3.51. The van der Waals surface area contributed by atoms with E-state index in [2.05, 4.69) is 44.2 Å². The predicted octanol–water partition coefficient (Wildman–Crippen LogP) is 0.842. The van der Waals surface area contributed by atoms with Gasteiger partial charge in [0.2, 0.25) is 11.9 Å². The summed E-state index contributed by atoms with van der Waals surface area (Å²) in [6, 6.07) is 0.919. The van der Waals surface area contributed by atoms with Crippen molar-refractivity contribution in [3.8, 4) is 6.01 Å². The molecular weight excluding hydrogens is 256 g/mol. The Labute approximate surface area is 120 Å². The van der Waals surface area contributed by atoms with Crippen LogP contribution in [0.1, 0.15) is 19.8 Å². The first kappa shape index (κ1) is 14.8. The van der Waals surface area contributed by atoms with E-state index in [1.165, 1.54) is 6.42 Å². The van der Waals surface area contributed by atoms with Crippen LogP contribution in [0.3, 0.4) is 0 Å². The van der Waals surface area contributed by atoms with Gasteiger partial charge in [-0.25, -0.2) is 0 Å². The molecule has 7 nitrogen and oxygen atoms in total. The number of piperidine rings is 1. The largest absolute Gasteiger partial charge is 0.464 e. The molecule has 0 bridgehead atoms. The molecule has 0 saturated carbocycles. The minimum atomic E-state index is 0.383. The monoisotopic (exact) mass is 280 g/mol. The van der Waals surface area contributed by atoms with E-state index in [4.69, 9.17) is 4.74 Å². The molecule has 112 valence electrons. The maximum Gasteiger partial charge on any atom is 0.323 e. The standard InChI is InChI=1S/C13H24N6O/c1-5-20-13-16-11(14-2)15-12(17-13)19-8-6-7-10(9-19)18(3)4/h10H,5-9H2,1-4H3,(H,14,15,16,17). The van der Waals surface area contributed by atoms with Gasteiger partial charge in [-0.2, -0.15) is 15.0 Å². The fraction of sp³-hybridized carbons (Fsp3) is 0.769. The lowest BCUT2D eigenvalue weighted by Crippen LogP contribution is -2.45. The van der Waals surface area contributed by atoms with Gasteiger partial charge in [-0.1, -0.05) is 0 Å². The number of hydrogen-bond donors (Lipinski definition) is 1. The number of anilines is 2. The maximum atomic E-state index is 5.41. The molecule has 1 aliphatic rings. The highest BCUT2D eigenvalue weighted by Gasteiger charge is 2.24. The number of hydrogen-bond acceptors (Lipinski definition) is 7. The number of aromatic nitrogens is 3. The second-order valence-electron chi connectivity index (χ2n) is 5.13. The zero-order chi connectivity index (χ0) is 14.5. The van der Waals surface area contributed by atoms with E-state index in [9.17, 15) is 0 Å². The van der Waals surface area contributed by atoms with Crippen molar-refractivity contribution in [1.82, 2.24) is 19.9 Å². The Morgan fingerprint density at radius 1 is 1.35 bits per heavy atom. The minimum Gasteiger partial charge on any atom is -0.464 e. The van der Waals surface area contributed by atoms with Crippen LogP contribution in [0, 0.1) is 0 Å². The Bertz CT molecular complexity index is 439. The summed E-state index contributed by atoms with van der Waals surface area (Å²) in [5, 5.41) is 2.96. The van der Waals surface area contributed by atoms with E-state index in [1.54, 1.807) is 7.05 Å². The molecular formula is C13H24N6O. The van der Waals surface area contributed by atoms with E-state index in [0.717, 1.165) is 19.5 Å². The second kappa shape index (κ2) is 6.69. The molecule has 2 heterocycles. The molecule has 20 heavy (non-hydrogen) atoms. The minimum absolute atomic E-state index is 0.383. The highest BCUT2D eigenvalue weighted by molar-refractivity contribution is 5.38. The molecule has 2 rings (SSSR count). The van der Waals surface area contributed by atoms with Crippen molar-refractivity contribution < 1.29 is 4.74 Å². The number of nitrogens with zero attached hydrogens (tertiary/aromatic N) is 5. The van der Waals surface area contributed by atoms with Crippen molar-refractivity contribution in [3.05, 3.63) is 0 Å². The van der Waals surface area contributed by atoms with Gasteiger partial charge in [-0.05, 0) is 33.9 Å². The number of likely N-dealkylation sites (N-methyl/N-ethyl adjacent to an activating group) is 1. The third kappa shape index (κ3) is 3.47. The van der Waals surface area contributed by atoms with Crippen molar-refractivity contribution in [1.29, 1.82) is 0 Å². The first-order valence-corrected chi connectivity index (χ1v) is 7.12. The van der Waals surface area contributed by atoms with Gasteiger partial charge in [0.15, 0.2) is 0 Å². The zero-order valence-electron chi connectivity index (χ0n) is 12.8. The number of rotatable bonds is 5. The summed E-state index contributed by atoms with van der Waals surface area (Å²) in [6.07, 6.45) is 2.36. The van der Waals surface area contributed by atoms with Crippen molar-refractivity contribution >= 4 is 11.9 Å². The molecule has 0 radical (unpaired) electrons. The SMILES string of the molecule is CCOc1nc(NC)nc(N2CCCC(N(C)C)C2)n1. The highest BCUT2D eigenvalue weighted by atomic mass is 16.5. The van der Waals surface area contributed by atoms with E-state index in [0.29, 0.717) is 30.6 Å². The Balaban J connectivity index is 2.19. The molecule has 1 aliphatic heterocycles. The molecule has 0 aromatic carbocycles. The Hall–Kier alpha value is -1.63. The van der Waals surface area contributed by atoms with E-state index < -0.39 is 0 Å². The summed E-state index contributed by atoms with van der Waals surface area (Å²) in [6.45, 7) is 4.38. The summed E-state index contributed by atoms with van der Waals surface area (Å²) < 4.78 is 5.41. The third-order valence-corrected chi connectivity index (χ3v) is 3.51. The molecule has 0 spiro atoms. The van der Waals surface area contributed by atoms with E-state index in [1.807, 2.05) is 6.92 Å². The zero-order valence-corrected chi connectivity index (χ0v) is 12.8. The molecule has 1 unspecified atom stereocenters. The van der Waals surface area contributed by atoms with Crippen molar-refractivity contribution in [2.75, 3.05) is 51.1 Å². The van der Waals surface area contributed by atoms with Crippen LogP contribution in [0.4, 0.5) is 11.9 Å². The summed E-state index contributed by atoms with van der Waals surface area (Å²) >= 11 is 0. The van der Waals surface area contributed by atoms with Crippen molar-refractivity contribution in [2.24, 2.45) is 0 Å². The average molecular weight is 280 g/mol. The van der Waals surface area contributed by atoms with E-state index >= 15 is 0 Å². The first-order chi connectivity index (χ1) is 9.63. The van der Waals surface area contributed by atoms with Crippen molar-refractivity contribution in [2.45, 2.75) is 25.8 Å². The van der Waals surface area contributed by atoms with Gasteiger partial charge in [-0.3, -0.25) is 0 Å². The summed E-state index contributed by atoms with van der Waals surface area (Å²) in [4.78, 5) is 17.5. The molecule has 1 saturated heterocycles. The molecule has 1 N–H and O–H groups in total. The van der Waals surface area contributed by atoms with Crippen LogP contribution in [-0.4, -0.2) is 66.7 Å². The maximum absolute atomic E-state index is 5.41. The Kier molecular flexibility index (Phi) is 4.94. The van der Waals surface area contributed by atoms with Crippen LogP contribution < -0.4 is 15.0 Å². The predicted molar refractivity (Wildman–Crippen MR) is 79.5 cm³/mol. The van der Waals surface area contributed by atoms with Gasteiger partial charge in [0.25, 0.3) is 0 Å². The summed E-state index contributed by atoms with van der Waals surface area (Å²) in [7, 11) is 6.03. The summed E-state index contributed by atoms with van der Waals surface area (Å²) in [5.41, 5.74) is 0. The van der Waals surface area contributed by atoms with E-state index in [-0.39, 0.29) is 0 Å². The number of nitrogens with one attached hydrogen (secondary N) is 1. The van der Waals surface area contributed by atoms with Crippen LogP contribution in [0.2, 0.25) is 0 Å². The summed E-state index contributed by atoms with van der Waals surface area (Å²) in [5.74, 6) is 1.24. The fourth-order valence-electron chi connectivity index (χ4n) is 2.35. The molecule has 1 atom stereocenters. The van der Waals surface area contributed by atoms with Crippen LogP contribution in [0.5, 0.6) is 6.01 Å². The van der Waals surface area contributed by atoms with Crippen LogP contribution in [-0.2, 0) is 0 Å². The highest BCUT2D eigenvalue weighted by Crippen LogP contribution is 2.21. The van der Waals surface area contributed by atoms with Gasteiger partial charge in [0, 0.05) is 26.2 Å². The lowest BCUT2D eigenvalue weighted by atomic mass is 10.1. The quantitative estimate of drug-likeness (QED) is 0.857. The normalized spacial score (nSPS) is 19.2. The van der Waals surface area contributed by atoms with Gasteiger partial charge in [-0.15, -0.1) is 0 Å². The van der Waals surface area contributed by atoms with Crippen LogP contribution >= 0.6 is 0 Å². The smallest absolute Gasteiger partial charge is 0.323 e. The second-order valence-corrected chi connectivity index (χ2v) is 5.13. The molecule has 0 aliphatic carbocycles.